The van der Waals surface area contributed by atoms with Crippen molar-refractivity contribution < 1.29 is 0 Å². The van der Waals surface area contributed by atoms with Gasteiger partial charge in [0, 0.05) is 11.7 Å². The minimum absolute atomic E-state index is 0.765. The fraction of sp³-hybridized carbons (Fsp3) is 0.600. The molecule has 0 radical (unpaired) electrons. The molecule has 0 saturated heterocycles. The second-order valence-corrected chi connectivity index (χ2v) is 5.40. The largest absolute Gasteiger partial charge is 0.399 e. The standard InChI is InChI=1S/C15H24N2/c1-12(14-7-8-14)17(2)11-3-4-13-5-9-15(16)10-6-13/h5-6,9-10,12,14H,3-4,7-8,11,16H2,1-2H3. The molecule has 1 aliphatic carbocycles. The molecule has 2 nitrogen and oxygen atoms in total. The van der Waals surface area contributed by atoms with Crippen LogP contribution in [-0.4, -0.2) is 24.5 Å². The maximum Gasteiger partial charge on any atom is 0.0314 e. The van der Waals surface area contributed by atoms with Crippen LogP contribution < -0.4 is 5.73 Å². The molecule has 1 atom stereocenters. The summed E-state index contributed by atoms with van der Waals surface area (Å²) in [4.78, 5) is 2.51. The van der Waals surface area contributed by atoms with Crippen LogP contribution in [0.25, 0.3) is 0 Å². The van der Waals surface area contributed by atoms with Crippen LogP contribution in [0.2, 0.25) is 0 Å². The lowest BCUT2D eigenvalue weighted by Crippen LogP contribution is -2.31. The summed E-state index contributed by atoms with van der Waals surface area (Å²) in [5.74, 6) is 0.969. The third-order valence-corrected chi connectivity index (χ3v) is 3.96. The van der Waals surface area contributed by atoms with E-state index in [1.54, 1.807) is 0 Å². The Hall–Kier alpha value is -1.02. The van der Waals surface area contributed by atoms with E-state index in [9.17, 15) is 0 Å². The molecule has 1 unspecified atom stereocenters. The lowest BCUT2D eigenvalue weighted by atomic mass is 10.1. The Kier molecular flexibility index (Phi) is 4.06. The number of nitrogens with zero attached hydrogens (tertiary/aromatic N) is 1. The molecular formula is C15H24N2. The van der Waals surface area contributed by atoms with E-state index in [-0.39, 0.29) is 0 Å². The summed E-state index contributed by atoms with van der Waals surface area (Å²) >= 11 is 0. The monoisotopic (exact) mass is 232 g/mol. The second kappa shape index (κ2) is 5.54. The number of hydrogen-bond acceptors (Lipinski definition) is 2. The van der Waals surface area contributed by atoms with Crippen molar-refractivity contribution in [3.05, 3.63) is 29.8 Å². The van der Waals surface area contributed by atoms with E-state index in [2.05, 4.69) is 31.0 Å². The topological polar surface area (TPSA) is 29.3 Å². The lowest BCUT2D eigenvalue weighted by molar-refractivity contribution is 0.232. The first-order valence-corrected chi connectivity index (χ1v) is 6.71. The van der Waals surface area contributed by atoms with Gasteiger partial charge in [-0.3, -0.25) is 0 Å². The lowest BCUT2D eigenvalue weighted by Gasteiger charge is -2.24. The zero-order chi connectivity index (χ0) is 12.3. The summed E-state index contributed by atoms with van der Waals surface area (Å²) in [5.41, 5.74) is 7.93. The van der Waals surface area contributed by atoms with Crippen molar-refractivity contribution in [3.63, 3.8) is 0 Å². The van der Waals surface area contributed by atoms with E-state index in [0.717, 1.165) is 24.1 Å². The molecule has 1 aromatic carbocycles. The Bertz CT molecular complexity index is 340. The Morgan fingerprint density at radius 2 is 1.94 bits per heavy atom. The van der Waals surface area contributed by atoms with Crippen LogP contribution >= 0.6 is 0 Å². The van der Waals surface area contributed by atoms with Crippen molar-refractivity contribution in [3.8, 4) is 0 Å². The summed E-state index contributed by atoms with van der Waals surface area (Å²) < 4.78 is 0. The van der Waals surface area contributed by atoms with Gasteiger partial charge in [0.15, 0.2) is 0 Å². The molecule has 1 aliphatic rings. The van der Waals surface area contributed by atoms with E-state index in [1.807, 2.05) is 12.1 Å². The summed E-state index contributed by atoms with van der Waals surface area (Å²) in [7, 11) is 2.26. The number of aryl methyl sites for hydroxylation is 1. The molecule has 0 spiro atoms. The highest BCUT2D eigenvalue weighted by Crippen LogP contribution is 2.34. The maximum atomic E-state index is 5.68. The third-order valence-electron chi connectivity index (χ3n) is 3.96. The predicted molar refractivity (Wildman–Crippen MR) is 74.0 cm³/mol. The summed E-state index contributed by atoms with van der Waals surface area (Å²) in [5, 5.41) is 0. The highest BCUT2D eigenvalue weighted by molar-refractivity contribution is 5.39. The van der Waals surface area contributed by atoms with Gasteiger partial charge in [0.2, 0.25) is 0 Å². The molecule has 1 aromatic rings. The molecule has 2 heteroatoms. The van der Waals surface area contributed by atoms with Crippen molar-refractivity contribution >= 4 is 5.69 Å². The van der Waals surface area contributed by atoms with Crippen LogP contribution in [0.1, 0.15) is 31.7 Å². The van der Waals surface area contributed by atoms with Crippen molar-refractivity contribution in [2.45, 2.75) is 38.6 Å². The molecule has 94 valence electrons. The SMILES string of the molecule is CC(C1CC1)N(C)CCCc1ccc(N)cc1. The van der Waals surface area contributed by atoms with Gasteiger partial charge >= 0.3 is 0 Å². The summed E-state index contributed by atoms with van der Waals surface area (Å²) in [6.07, 6.45) is 5.26. The smallest absolute Gasteiger partial charge is 0.0314 e. The molecule has 17 heavy (non-hydrogen) atoms. The molecule has 0 amide bonds. The Morgan fingerprint density at radius 1 is 1.29 bits per heavy atom. The molecule has 0 aromatic heterocycles. The average Bonchev–Trinajstić information content (AvgIpc) is 3.14. The first kappa shape index (κ1) is 12.4. The van der Waals surface area contributed by atoms with Crippen LogP contribution in [0.3, 0.4) is 0 Å². The molecule has 2 N–H and O–H groups in total. The molecule has 2 rings (SSSR count). The van der Waals surface area contributed by atoms with Gasteiger partial charge in [-0.1, -0.05) is 12.1 Å². The van der Waals surface area contributed by atoms with Crippen molar-refractivity contribution in [1.29, 1.82) is 0 Å². The van der Waals surface area contributed by atoms with Crippen molar-refractivity contribution in [2.75, 3.05) is 19.3 Å². The third kappa shape index (κ3) is 3.74. The van der Waals surface area contributed by atoms with E-state index in [0.29, 0.717) is 0 Å². The molecule has 0 aliphatic heterocycles. The molecule has 1 fully saturated rings. The maximum absolute atomic E-state index is 5.68. The van der Waals surface area contributed by atoms with Crippen molar-refractivity contribution in [1.82, 2.24) is 4.90 Å². The van der Waals surface area contributed by atoms with Gasteiger partial charge in [-0.05, 0) is 69.8 Å². The average molecular weight is 232 g/mol. The Morgan fingerprint density at radius 3 is 2.53 bits per heavy atom. The number of anilines is 1. The van der Waals surface area contributed by atoms with Gasteiger partial charge in [-0.15, -0.1) is 0 Å². The van der Waals surface area contributed by atoms with E-state index < -0.39 is 0 Å². The Labute approximate surface area is 105 Å². The number of benzene rings is 1. The van der Waals surface area contributed by atoms with Crippen LogP contribution in [0, 0.1) is 5.92 Å². The Balaban J connectivity index is 1.69. The van der Waals surface area contributed by atoms with Crippen LogP contribution in [0.15, 0.2) is 24.3 Å². The van der Waals surface area contributed by atoms with Crippen molar-refractivity contribution in [2.24, 2.45) is 5.92 Å². The van der Waals surface area contributed by atoms with E-state index >= 15 is 0 Å². The zero-order valence-corrected chi connectivity index (χ0v) is 11.0. The zero-order valence-electron chi connectivity index (χ0n) is 11.0. The molecule has 1 saturated carbocycles. The van der Waals surface area contributed by atoms with Gasteiger partial charge in [0.05, 0.1) is 0 Å². The first-order valence-electron chi connectivity index (χ1n) is 6.71. The quantitative estimate of drug-likeness (QED) is 0.764. The highest BCUT2D eigenvalue weighted by Gasteiger charge is 2.29. The van der Waals surface area contributed by atoms with Gasteiger partial charge < -0.3 is 10.6 Å². The highest BCUT2D eigenvalue weighted by atomic mass is 15.1. The van der Waals surface area contributed by atoms with Crippen LogP contribution in [-0.2, 0) is 6.42 Å². The van der Waals surface area contributed by atoms with Crippen LogP contribution in [0.5, 0.6) is 0 Å². The second-order valence-electron chi connectivity index (χ2n) is 5.40. The molecular weight excluding hydrogens is 208 g/mol. The minimum atomic E-state index is 0.765. The van der Waals surface area contributed by atoms with Gasteiger partial charge in [-0.2, -0.15) is 0 Å². The van der Waals surface area contributed by atoms with Gasteiger partial charge in [-0.25, -0.2) is 0 Å². The molecule has 0 bridgehead atoms. The van der Waals surface area contributed by atoms with Gasteiger partial charge in [0.1, 0.15) is 0 Å². The number of rotatable bonds is 6. The van der Waals surface area contributed by atoms with E-state index in [1.165, 1.54) is 31.4 Å². The number of nitrogen functional groups attached to an aromatic ring is 1. The summed E-state index contributed by atoms with van der Waals surface area (Å²) in [6.45, 7) is 3.56. The fourth-order valence-corrected chi connectivity index (χ4v) is 2.36. The fourth-order valence-electron chi connectivity index (χ4n) is 2.36. The van der Waals surface area contributed by atoms with Gasteiger partial charge in [0.25, 0.3) is 0 Å². The normalized spacial score (nSPS) is 17.4. The minimum Gasteiger partial charge on any atom is -0.399 e. The van der Waals surface area contributed by atoms with E-state index in [4.69, 9.17) is 5.73 Å². The first-order chi connectivity index (χ1) is 8.16. The number of nitrogens with two attached hydrogens (primary N) is 1. The summed E-state index contributed by atoms with van der Waals surface area (Å²) in [6, 6.07) is 9.03. The predicted octanol–water partition coefficient (Wildman–Crippen LogP) is 2.93. The number of hydrogen-bond donors (Lipinski definition) is 1. The van der Waals surface area contributed by atoms with Crippen LogP contribution in [0.4, 0.5) is 5.69 Å². The molecule has 0 heterocycles.